The number of halogens is 2. The molecule has 0 bridgehead atoms. The molecule has 0 spiro atoms. The molecule has 1 aliphatic heterocycles. The zero-order chi connectivity index (χ0) is 24.0. The van der Waals surface area contributed by atoms with E-state index in [-0.39, 0.29) is 17.4 Å². The van der Waals surface area contributed by atoms with Crippen LogP contribution in [-0.4, -0.2) is 28.7 Å². The van der Waals surface area contributed by atoms with E-state index < -0.39 is 41.3 Å². The molecule has 5 nitrogen and oxygen atoms in total. The van der Waals surface area contributed by atoms with Gasteiger partial charge in [0, 0.05) is 23.8 Å². The number of rotatable bonds is 5. The summed E-state index contributed by atoms with van der Waals surface area (Å²) in [6.45, 7) is 7.54. The molecule has 1 aliphatic rings. The Kier molecular flexibility index (Phi) is 5.84. The van der Waals surface area contributed by atoms with E-state index in [1.54, 1.807) is 18.2 Å². The van der Waals surface area contributed by atoms with Crippen LogP contribution in [0.2, 0.25) is 0 Å². The zero-order valence-electron chi connectivity index (χ0n) is 18.9. The molecule has 170 valence electrons. The van der Waals surface area contributed by atoms with Crippen molar-refractivity contribution in [3.05, 3.63) is 93.9 Å². The van der Waals surface area contributed by atoms with Crippen molar-refractivity contribution in [1.82, 2.24) is 4.57 Å². The van der Waals surface area contributed by atoms with Crippen molar-refractivity contribution < 1.29 is 22.9 Å². The lowest BCUT2D eigenvalue weighted by Gasteiger charge is -2.32. The molecule has 8 heteroatoms. The molecule has 1 fully saturated rings. The van der Waals surface area contributed by atoms with Gasteiger partial charge in [0.25, 0.3) is 5.56 Å². The fourth-order valence-electron chi connectivity index (χ4n) is 3.63. The monoisotopic (exact) mass is 451 g/mol. The second-order valence-corrected chi connectivity index (χ2v) is 9.12. The molecule has 2 aromatic carbocycles. The SMILES string of the molecule is CC1(C)OB(c2ccc(CC(=O)c3cccn(-c4ccc(F)cc4)c3=O)cc2F)OC1(C)C. The first-order valence-electron chi connectivity index (χ1n) is 10.6. The summed E-state index contributed by atoms with van der Waals surface area (Å²) in [6.07, 6.45) is 1.36. The second kappa shape index (κ2) is 8.35. The number of hydrogen-bond donors (Lipinski definition) is 0. The first kappa shape index (κ1) is 23.1. The highest BCUT2D eigenvalue weighted by atomic mass is 19.1. The molecule has 0 saturated carbocycles. The van der Waals surface area contributed by atoms with Gasteiger partial charge in [0.05, 0.1) is 16.8 Å². The van der Waals surface area contributed by atoms with Gasteiger partial charge in [-0.25, -0.2) is 8.78 Å². The van der Waals surface area contributed by atoms with Crippen molar-refractivity contribution >= 4 is 18.4 Å². The summed E-state index contributed by atoms with van der Waals surface area (Å²) in [5, 5.41) is 0. The number of pyridine rings is 1. The lowest BCUT2D eigenvalue weighted by Crippen LogP contribution is -2.41. The molecule has 4 rings (SSSR count). The minimum atomic E-state index is -0.850. The standard InChI is InChI=1S/C25H24BF2NO4/c1-24(2)25(3,4)33-26(32-24)20-12-7-16(14-21(20)28)15-22(30)19-6-5-13-29(23(19)31)18-10-8-17(27)9-11-18/h5-14H,15H2,1-4H3. The second-order valence-electron chi connectivity index (χ2n) is 9.12. The molecule has 0 N–H and O–H groups in total. The van der Waals surface area contributed by atoms with E-state index in [0.717, 1.165) is 0 Å². The Hall–Kier alpha value is -3.10. The van der Waals surface area contributed by atoms with E-state index in [0.29, 0.717) is 11.3 Å². The van der Waals surface area contributed by atoms with Crippen molar-refractivity contribution in [1.29, 1.82) is 0 Å². The molecule has 0 aliphatic carbocycles. The zero-order valence-corrected chi connectivity index (χ0v) is 18.9. The molecular weight excluding hydrogens is 427 g/mol. The van der Waals surface area contributed by atoms with Crippen molar-refractivity contribution in [3.63, 3.8) is 0 Å². The van der Waals surface area contributed by atoms with Gasteiger partial charge in [-0.3, -0.25) is 14.2 Å². The highest BCUT2D eigenvalue weighted by molar-refractivity contribution is 6.62. The highest BCUT2D eigenvalue weighted by Gasteiger charge is 2.52. The van der Waals surface area contributed by atoms with E-state index in [9.17, 15) is 18.4 Å². The van der Waals surface area contributed by atoms with Crippen LogP contribution >= 0.6 is 0 Å². The van der Waals surface area contributed by atoms with Gasteiger partial charge >= 0.3 is 7.12 Å². The maximum absolute atomic E-state index is 14.9. The number of Topliss-reactive ketones (excluding diaryl/α,β-unsaturated/α-hetero) is 1. The molecule has 1 aromatic heterocycles. The number of hydrogen-bond acceptors (Lipinski definition) is 4. The largest absolute Gasteiger partial charge is 0.497 e. The molecular formula is C25H24BF2NO4. The minimum absolute atomic E-state index is 0.0303. The fourth-order valence-corrected chi connectivity index (χ4v) is 3.63. The van der Waals surface area contributed by atoms with Crippen LogP contribution in [0.4, 0.5) is 8.78 Å². The number of ketones is 1. The average molecular weight is 451 g/mol. The Bertz CT molecular complexity index is 1250. The molecule has 33 heavy (non-hydrogen) atoms. The quantitative estimate of drug-likeness (QED) is 0.437. The molecule has 1 saturated heterocycles. The van der Waals surface area contributed by atoms with Gasteiger partial charge in [0.1, 0.15) is 11.6 Å². The number of benzene rings is 2. The Morgan fingerprint density at radius 2 is 1.61 bits per heavy atom. The van der Waals surface area contributed by atoms with Gasteiger partial charge in [-0.2, -0.15) is 0 Å². The van der Waals surface area contributed by atoms with Gasteiger partial charge in [-0.15, -0.1) is 0 Å². The third kappa shape index (κ3) is 4.41. The summed E-state index contributed by atoms with van der Waals surface area (Å²) in [7, 11) is -0.850. The van der Waals surface area contributed by atoms with Crippen LogP contribution in [0.1, 0.15) is 43.6 Å². The normalized spacial score (nSPS) is 16.7. The predicted molar refractivity (Wildman–Crippen MR) is 122 cm³/mol. The van der Waals surface area contributed by atoms with Crippen LogP contribution in [0.15, 0.2) is 65.6 Å². The lowest BCUT2D eigenvalue weighted by atomic mass is 9.78. The molecule has 2 heterocycles. The van der Waals surface area contributed by atoms with Crippen molar-refractivity contribution in [2.24, 2.45) is 0 Å². The van der Waals surface area contributed by atoms with Crippen LogP contribution in [0.5, 0.6) is 0 Å². The summed E-state index contributed by atoms with van der Waals surface area (Å²) in [5.41, 5.74) is -0.639. The third-order valence-corrected chi connectivity index (χ3v) is 6.29. The summed E-state index contributed by atoms with van der Waals surface area (Å²) < 4.78 is 41.2. The maximum Gasteiger partial charge on any atom is 0.497 e. The third-order valence-electron chi connectivity index (χ3n) is 6.29. The van der Waals surface area contributed by atoms with Crippen molar-refractivity contribution in [2.45, 2.75) is 45.3 Å². The number of carbonyl (C=O) groups excluding carboxylic acids is 1. The molecule has 0 radical (unpaired) electrons. The van der Waals surface area contributed by atoms with Crippen LogP contribution < -0.4 is 11.0 Å². The average Bonchev–Trinajstić information content (AvgIpc) is 2.95. The molecule has 3 aromatic rings. The van der Waals surface area contributed by atoms with Gasteiger partial charge in [-0.1, -0.05) is 12.1 Å². The Morgan fingerprint density at radius 3 is 2.21 bits per heavy atom. The van der Waals surface area contributed by atoms with E-state index >= 15 is 0 Å². The summed E-state index contributed by atoms with van der Waals surface area (Å²) in [4.78, 5) is 25.7. The predicted octanol–water partition coefficient (Wildman–Crippen LogP) is 3.84. The van der Waals surface area contributed by atoms with E-state index in [1.165, 1.54) is 47.2 Å². The number of carbonyl (C=O) groups is 1. The number of aromatic nitrogens is 1. The van der Waals surface area contributed by atoms with E-state index in [2.05, 4.69) is 0 Å². The first-order valence-corrected chi connectivity index (χ1v) is 10.6. The maximum atomic E-state index is 14.9. The summed E-state index contributed by atoms with van der Waals surface area (Å²) in [6, 6.07) is 12.8. The lowest BCUT2D eigenvalue weighted by molar-refractivity contribution is 0.00578. The first-order chi connectivity index (χ1) is 15.5. The van der Waals surface area contributed by atoms with Crippen molar-refractivity contribution in [3.8, 4) is 5.69 Å². The highest BCUT2D eigenvalue weighted by Crippen LogP contribution is 2.36. The fraction of sp³-hybridized carbons (Fsp3) is 0.280. The Morgan fingerprint density at radius 1 is 0.970 bits per heavy atom. The number of nitrogens with zero attached hydrogens (tertiary/aromatic N) is 1. The smallest absolute Gasteiger partial charge is 0.399 e. The van der Waals surface area contributed by atoms with E-state index in [4.69, 9.17) is 9.31 Å². The van der Waals surface area contributed by atoms with Crippen LogP contribution in [-0.2, 0) is 15.7 Å². The van der Waals surface area contributed by atoms with Crippen LogP contribution in [0, 0.1) is 11.6 Å². The Labute approximate surface area is 191 Å². The summed E-state index contributed by atoms with van der Waals surface area (Å²) in [5.74, 6) is -1.42. The van der Waals surface area contributed by atoms with Crippen LogP contribution in [0.3, 0.4) is 0 Å². The van der Waals surface area contributed by atoms with Gasteiger partial charge in [-0.05, 0) is 75.7 Å². The topological polar surface area (TPSA) is 57.5 Å². The molecule has 0 unspecified atom stereocenters. The van der Waals surface area contributed by atoms with Crippen LogP contribution in [0.25, 0.3) is 5.69 Å². The van der Waals surface area contributed by atoms with Gasteiger partial charge in [0.15, 0.2) is 5.78 Å². The van der Waals surface area contributed by atoms with Gasteiger partial charge in [0.2, 0.25) is 0 Å². The molecule has 0 atom stereocenters. The minimum Gasteiger partial charge on any atom is -0.399 e. The van der Waals surface area contributed by atoms with Gasteiger partial charge < -0.3 is 9.31 Å². The van der Waals surface area contributed by atoms with E-state index in [1.807, 2.05) is 27.7 Å². The molecule has 0 amide bonds. The van der Waals surface area contributed by atoms with Crippen molar-refractivity contribution in [2.75, 3.05) is 0 Å². The Balaban J connectivity index is 1.55. The summed E-state index contributed by atoms with van der Waals surface area (Å²) >= 11 is 0.